The summed E-state index contributed by atoms with van der Waals surface area (Å²) in [5.74, 6) is -0.0822. The zero-order valence-corrected chi connectivity index (χ0v) is 19.6. The molecule has 1 heterocycles. The number of aliphatic carboxylic acids is 1. The van der Waals surface area contributed by atoms with Gasteiger partial charge in [-0.3, -0.25) is 14.5 Å². The Labute approximate surface area is 199 Å². The minimum atomic E-state index is -0.810. The number of methoxy groups -OCH3 is 1. The molecule has 1 fully saturated rings. The van der Waals surface area contributed by atoms with Gasteiger partial charge in [-0.15, -0.1) is 0 Å². The number of nitrogens with one attached hydrogen (secondary N) is 3. The summed E-state index contributed by atoms with van der Waals surface area (Å²) in [5, 5.41) is 17.5. The Kier molecular flexibility index (Phi) is 8.86. The summed E-state index contributed by atoms with van der Waals surface area (Å²) < 4.78 is 5.41. The Morgan fingerprint density at radius 1 is 1.06 bits per heavy atom. The second kappa shape index (κ2) is 12.0. The van der Waals surface area contributed by atoms with Crippen LogP contribution in [-0.2, 0) is 16.0 Å². The van der Waals surface area contributed by atoms with E-state index in [1.165, 1.54) is 7.11 Å². The molecule has 0 bridgehead atoms. The number of ether oxygens (including phenoxy) is 1. The Morgan fingerprint density at radius 2 is 1.76 bits per heavy atom. The lowest BCUT2D eigenvalue weighted by atomic mass is 9.96. The summed E-state index contributed by atoms with van der Waals surface area (Å²) in [7, 11) is 1.51. The van der Waals surface area contributed by atoms with Crippen LogP contribution in [0.3, 0.4) is 0 Å². The van der Waals surface area contributed by atoms with Gasteiger partial charge in [0.25, 0.3) is 0 Å². The molecular weight excluding hydrogens is 436 g/mol. The Balaban J connectivity index is 1.48. The van der Waals surface area contributed by atoms with Gasteiger partial charge in [-0.25, -0.2) is 4.79 Å². The van der Waals surface area contributed by atoms with Gasteiger partial charge in [-0.05, 0) is 68.1 Å². The van der Waals surface area contributed by atoms with Crippen molar-refractivity contribution < 1.29 is 24.2 Å². The zero-order chi connectivity index (χ0) is 24.5. The number of aryl methyl sites for hydroxylation is 1. The second-order valence-electron chi connectivity index (χ2n) is 8.52. The molecule has 34 heavy (non-hydrogen) atoms. The predicted molar refractivity (Wildman–Crippen MR) is 130 cm³/mol. The normalized spacial score (nSPS) is 14.3. The van der Waals surface area contributed by atoms with Crippen LogP contribution >= 0.6 is 0 Å². The Hall–Kier alpha value is -3.59. The number of nitrogens with zero attached hydrogens (tertiary/aromatic N) is 1. The molecule has 0 spiro atoms. The summed E-state index contributed by atoms with van der Waals surface area (Å²) in [4.78, 5) is 37.6. The van der Waals surface area contributed by atoms with E-state index in [1.807, 2.05) is 36.1 Å². The molecule has 2 aromatic rings. The van der Waals surface area contributed by atoms with Crippen LogP contribution in [0.25, 0.3) is 0 Å². The number of amides is 3. The number of carbonyl (C=O) groups is 3. The molecule has 0 aliphatic carbocycles. The van der Waals surface area contributed by atoms with Gasteiger partial charge in [0.05, 0.1) is 25.8 Å². The highest BCUT2D eigenvalue weighted by Gasteiger charge is 2.21. The highest BCUT2D eigenvalue weighted by atomic mass is 16.5. The van der Waals surface area contributed by atoms with Gasteiger partial charge in [0, 0.05) is 12.2 Å². The van der Waals surface area contributed by atoms with Crippen molar-refractivity contribution >= 4 is 29.3 Å². The van der Waals surface area contributed by atoms with Gasteiger partial charge in [-0.1, -0.05) is 24.3 Å². The average Bonchev–Trinajstić information content (AvgIpc) is 2.80. The molecule has 0 radical (unpaired) electrons. The van der Waals surface area contributed by atoms with Gasteiger partial charge in [0.2, 0.25) is 5.91 Å². The van der Waals surface area contributed by atoms with Gasteiger partial charge in [0.1, 0.15) is 5.75 Å². The SMILES string of the molecule is COc1cc(CC(=O)NCC2CCN(CC(=O)O)CC2)ccc1NC(=O)Nc1ccccc1C. The van der Waals surface area contributed by atoms with E-state index >= 15 is 0 Å². The number of carboxylic acids is 1. The summed E-state index contributed by atoms with van der Waals surface area (Å²) in [5.41, 5.74) is 2.96. The maximum atomic E-state index is 12.4. The van der Waals surface area contributed by atoms with Crippen LogP contribution < -0.4 is 20.7 Å². The van der Waals surface area contributed by atoms with E-state index in [2.05, 4.69) is 16.0 Å². The molecule has 3 amide bonds. The lowest BCUT2D eigenvalue weighted by Gasteiger charge is -2.30. The topological polar surface area (TPSA) is 120 Å². The highest BCUT2D eigenvalue weighted by molar-refractivity contribution is 6.01. The van der Waals surface area contributed by atoms with Crippen molar-refractivity contribution in [3.05, 3.63) is 53.6 Å². The van der Waals surface area contributed by atoms with Crippen LogP contribution in [0.1, 0.15) is 24.0 Å². The highest BCUT2D eigenvalue weighted by Crippen LogP contribution is 2.26. The van der Waals surface area contributed by atoms with E-state index in [1.54, 1.807) is 18.2 Å². The molecule has 1 aliphatic heterocycles. The van der Waals surface area contributed by atoms with Crippen LogP contribution in [0.4, 0.5) is 16.2 Å². The number of benzene rings is 2. The molecule has 1 aliphatic rings. The molecule has 2 aromatic carbocycles. The van der Waals surface area contributed by atoms with Crippen LogP contribution in [0.15, 0.2) is 42.5 Å². The number of urea groups is 1. The third-order valence-electron chi connectivity index (χ3n) is 5.93. The second-order valence-corrected chi connectivity index (χ2v) is 8.52. The standard InChI is InChI=1S/C25H32N4O5/c1-17-5-3-4-6-20(17)27-25(33)28-21-8-7-19(13-22(21)34-2)14-23(30)26-15-18-9-11-29(12-10-18)16-24(31)32/h3-8,13,18H,9-12,14-16H2,1-2H3,(H,26,30)(H,31,32)(H2,27,28,33). The minimum absolute atomic E-state index is 0.0688. The van der Waals surface area contributed by atoms with Gasteiger partial charge >= 0.3 is 12.0 Å². The number of hydrogen-bond donors (Lipinski definition) is 4. The summed E-state index contributed by atoms with van der Waals surface area (Å²) >= 11 is 0. The van der Waals surface area contributed by atoms with E-state index in [0.717, 1.165) is 42.7 Å². The van der Waals surface area contributed by atoms with Crippen molar-refractivity contribution in [2.45, 2.75) is 26.2 Å². The predicted octanol–water partition coefficient (Wildman–Crippen LogP) is 3.10. The van der Waals surface area contributed by atoms with Crippen LogP contribution in [-0.4, -0.2) is 61.2 Å². The van der Waals surface area contributed by atoms with Crippen molar-refractivity contribution in [3.8, 4) is 5.75 Å². The summed E-state index contributed by atoms with van der Waals surface area (Å²) in [6.07, 6.45) is 1.93. The third-order valence-corrected chi connectivity index (χ3v) is 5.93. The maximum Gasteiger partial charge on any atom is 0.323 e. The van der Waals surface area contributed by atoms with Crippen LogP contribution in [0.2, 0.25) is 0 Å². The number of anilines is 2. The summed E-state index contributed by atoms with van der Waals surface area (Å²) in [6, 6.07) is 12.4. The quantitative estimate of drug-likeness (QED) is 0.449. The fraction of sp³-hybridized carbons (Fsp3) is 0.400. The number of carboxylic acid groups (broad SMARTS) is 1. The van der Waals surface area contributed by atoms with Gasteiger partial charge in [-0.2, -0.15) is 0 Å². The molecule has 0 saturated carbocycles. The average molecular weight is 469 g/mol. The first-order chi connectivity index (χ1) is 16.3. The lowest BCUT2D eigenvalue weighted by Crippen LogP contribution is -2.40. The number of para-hydroxylation sites is 1. The first kappa shape index (κ1) is 25.0. The van der Waals surface area contributed by atoms with Crippen LogP contribution in [0.5, 0.6) is 5.75 Å². The fourth-order valence-corrected chi connectivity index (χ4v) is 3.98. The van der Waals surface area contributed by atoms with Gasteiger partial charge < -0.3 is 25.8 Å². The monoisotopic (exact) mass is 468 g/mol. The number of carbonyl (C=O) groups excluding carboxylic acids is 2. The first-order valence-corrected chi connectivity index (χ1v) is 11.4. The van der Waals surface area contributed by atoms with Crippen molar-refractivity contribution in [1.29, 1.82) is 0 Å². The van der Waals surface area contributed by atoms with Crippen molar-refractivity contribution in [3.63, 3.8) is 0 Å². The number of piperidine rings is 1. The van der Waals surface area contributed by atoms with Crippen molar-refractivity contribution in [2.75, 3.05) is 43.9 Å². The van der Waals surface area contributed by atoms with Gasteiger partial charge in [0.15, 0.2) is 0 Å². The Morgan fingerprint density at radius 3 is 2.44 bits per heavy atom. The van der Waals surface area contributed by atoms with E-state index in [0.29, 0.717) is 23.9 Å². The first-order valence-electron chi connectivity index (χ1n) is 11.4. The fourth-order valence-electron chi connectivity index (χ4n) is 3.98. The molecule has 3 rings (SSSR count). The molecule has 0 unspecified atom stereocenters. The van der Waals surface area contributed by atoms with Crippen LogP contribution in [0, 0.1) is 12.8 Å². The van der Waals surface area contributed by atoms with E-state index in [9.17, 15) is 14.4 Å². The van der Waals surface area contributed by atoms with E-state index < -0.39 is 5.97 Å². The van der Waals surface area contributed by atoms with E-state index in [4.69, 9.17) is 9.84 Å². The Bertz CT molecular complexity index is 1020. The largest absolute Gasteiger partial charge is 0.495 e. The third kappa shape index (κ3) is 7.48. The molecule has 182 valence electrons. The molecule has 9 nitrogen and oxygen atoms in total. The summed E-state index contributed by atoms with van der Waals surface area (Å²) in [6.45, 7) is 4.03. The number of likely N-dealkylation sites (tertiary alicyclic amines) is 1. The number of rotatable bonds is 9. The zero-order valence-electron chi connectivity index (χ0n) is 19.6. The lowest BCUT2D eigenvalue weighted by molar-refractivity contribution is -0.138. The molecule has 1 saturated heterocycles. The molecule has 4 N–H and O–H groups in total. The van der Waals surface area contributed by atoms with Crippen molar-refractivity contribution in [2.24, 2.45) is 5.92 Å². The molecule has 9 heteroatoms. The minimum Gasteiger partial charge on any atom is -0.495 e. The maximum absolute atomic E-state index is 12.4. The molecular formula is C25H32N4O5. The molecule has 0 atom stereocenters. The molecule has 0 aromatic heterocycles. The smallest absolute Gasteiger partial charge is 0.323 e. The van der Waals surface area contributed by atoms with Crippen molar-refractivity contribution in [1.82, 2.24) is 10.2 Å². The van der Waals surface area contributed by atoms with E-state index in [-0.39, 0.29) is 24.9 Å². The number of hydrogen-bond acceptors (Lipinski definition) is 5.